The summed E-state index contributed by atoms with van der Waals surface area (Å²) in [6, 6.07) is 11.1. The zero-order chi connectivity index (χ0) is 17.8. The number of carbonyl (C=O) groups excluding carboxylic acids is 1. The fourth-order valence-electron chi connectivity index (χ4n) is 2.74. The molecule has 1 aliphatic heterocycles. The van der Waals surface area contributed by atoms with Crippen LogP contribution in [0.3, 0.4) is 0 Å². The minimum absolute atomic E-state index is 0.127. The Labute approximate surface area is 156 Å². The Hall–Kier alpha value is -1.85. The monoisotopic (exact) mass is 377 g/mol. The van der Waals surface area contributed by atoms with E-state index in [0.29, 0.717) is 23.8 Å². The summed E-state index contributed by atoms with van der Waals surface area (Å²) in [6.07, 6.45) is 2.72. The molecular formula is C19H20ClNO3S. The highest BCUT2D eigenvalue weighted by molar-refractivity contribution is 7.98. The third kappa shape index (κ3) is 4.05. The summed E-state index contributed by atoms with van der Waals surface area (Å²) in [5.41, 5.74) is 1.47. The Morgan fingerprint density at radius 2 is 1.96 bits per heavy atom. The van der Waals surface area contributed by atoms with Crippen molar-refractivity contribution in [3.05, 3.63) is 52.5 Å². The van der Waals surface area contributed by atoms with Gasteiger partial charge in [-0.15, -0.1) is 11.8 Å². The van der Waals surface area contributed by atoms with Crippen molar-refractivity contribution in [3.8, 4) is 11.5 Å². The van der Waals surface area contributed by atoms with Crippen molar-refractivity contribution in [2.45, 2.75) is 24.3 Å². The van der Waals surface area contributed by atoms with Crippen LogP contribution in [0.15, 0.2) is 41.3 Å². The van der Waals surface area contributed by atoms with E-state index < -0.39 is 0 Å². The fourth-order valence-corrected chi connectivity index (χ4v) is 3.38. The molecule has 1 aliphatic rings. The molecule has 25 heavy (non-hydrogen) atoms. The molecule has 0 bridgehead atoms. The lowest BCUT2D eigenvalue weighted by atomic mass is 10.0. The molecule has 1 atom stereocenters. The topological polar surface area (TPSA) is 47.6 Å². The third-order valence-electron chi connectivity index (χ3n) is 4.10. The number of fused-ring (bicyclic) bond motifs is 1. The van der Waals surface area contributed by atoms with Gasteiger partial charge in [-0.05, 0) is 48.6 Å². The minimum Gasteiger partial charge on any atom is -0.486 e. The highest BCUT2D eigenvalue weighted by atomic mass is 35.5. The average Bonchev–Trinajstić information content (AvgIpc) is 2.66. The summed E-state index contributed by atoms with van der Waals surface area (Å²) in [4.78, 5) is 13.7. The van der Waals surface area contributed by atoms with E-state index >= 15 is 0 Å². The van der Waals surface area contributed by atoms with E-state index in [1.807, 2.05) is 43.5 Å². The first-order valence-corrected chi connectivity index (χ1v) is 9.76. The molecule has 0 saturated heterocycles. The quantitative estimate of drug-likeness (QED) is 0.766. The van der Waals surface area contributed by atoms with Gasteiger partial charge in [0.2, 0.25) is 0 Å². The zero-order valence-corrected chi connectivity index (χ0v) is 15.7. The number of carbonyl (C=O) groups is 1. The van der Waals surface area contributed by atoms with E-state index in [1.165, 1.54) is 0 Å². The SMILES string of the molecule is CCC(NC(=O)c1cc(SC)ccc1Cl)c1ccc2c(c1)OCCO2. The molecule has 0 aromatic heterocycles. The molecule has 1 unspecified atom stereocenters. The van der Waals surface area contributed by atoms with Crippen LogP contribution in [0.4, 0.5) is 0 Å². The number of halogens is 1. The second-order valence-corrected chi connectivity index (χ2v) is 6.97. The van der Waals surface area contributed by atoms with Crippen LogP contribution >= 0.6 is 23.4 Å². The summed E-state index contributed by atoms with van der Waals surface area (Å²) in [5, 5.41) is 3.52. The highest BCUT2D eigenvalue weighted by Gasteiger charge is 2.19. The van der Waals surface area contributed by atoms with E-state index in [4.69, 9.17) is 21.1 Å². The minimum atomic E-state index is -0.178. The van der Waals surface area contributed by atoms with Crippen LogP contribution in [0, 0.1) is 0 Å². The maximum Gasteiger partial charge on any atom is 0.253 e. The Kier molecular flexibility index (Phi) is 5.76. The van der Waals surface area contributed by atoms with E-state index in [1.54, 1.807) is 17.8 Å². The van der Waals surface area contributed by atoms with Gasteiger partial charge in [0, 0.05) is 4.90 Å². The van der Waals surface area contributed by atoms with Gasteiger partial charge in [0.1, 0.15) is 13.2 Å². The molecule has 0 fully saturated rings. The van der Waals surface area contributed by atoms with Gasteiger partial charge in [0.15, 0.2) is 11.5 Å². The first-order valence-electron chi connectivity index (χ1n) is 8.16. The number of thioether (sulfide) groups is 1. The van der Waals surface area contributed by atoms with Crippen molar-refractivity contribution in [2.24, 2.45) is 0 Å². The predicted molar refractivity (Wildman–Crippen MR) is 101 cm³/mol. The van der Waals surface area contributed by atoms with Gasteiger partial charge in [-0.25, -0.2) is 0 Å². The molecule has 0 saturated carbocycles. The first-order chi connectivity index (χ1) is 12.1. The molecule has 2 aromatic carbocycles. The number of ether oxygens (including phenoxy) is 2. The Morgan fingerprint density at radius 3 is 2.68 bits per heavy atom. The normalized spacial score (nSPS) is 14.0. The molecule has 1 N–H and O–H groups in total. The van der Waals surface area contributed by atoms with Crippen LogP contribution in [-0.2, 0) is 0 Å². The van der Waals surface area contributed by atoms with Crippen molar-refractivity contribution in [2.75, 3.05) is 19.5 Å². The number of rotatable bonds is 5. The van der Waals surface area contributed by atoms with Gasteiger partial charge in [-0.3, -0.25) is 4.79 Å². The first kappa shape index (κ1) is 18.0. The number of hydrogen-bond acceptors (Lipinski definition) is 4. The van der Waals surface area contributed by atoms with Crippen molar-refractivity contribution in [3.63, 3.8) is 0 Å². The maximum atomic E-state index is 12.7. The molecule has 132 valence electrons. The third-order valence-corrected chi connectivity index (χ3v) is 5.16. The molecule has 0 spiro atoms. The predicted octanol–water partition coefficient (Wildman–Crippen LogP) is 4.71. The van der Waals surface area contributed by atoms with Crippen molar-refractivity contribution in [1.29, 1.82) is 0 Å². The molecule has 2 aromatic rings. The lowest BCUT2D eigenvalue weighted by molar-refractivity contribution is 0.0935. The lowest BCUT2D eigenvalue weighted by Crippen LogP contribution is -2.28. The van der Waals surface area contributed by atoms with Crippen LogP contribution < -0.4 is 14.8 Å². The fraction of sp³-hybridized carbons (Fsp3) is 0.316. The highest BCUT2D eigenvalue weighted by Crippen LogP contribution is 2.33. The smallest absolute Gasteiger partial charge is 0.253 e. The molecular weight excluding hydrogens is 358 g/mol. The molecule has 0 radical (unpaired) electrons. The molecule has 1 amide bonds. The summed E-state index contributed by atoms with van der Waals surface area (Å²) < 4.78 is 11.2. The number of hydrogen-bond donors (Lipinski definition) is 1. The van der Waals surface area contributed by atoms with Gasteiger partial charge < -0.3 is 14.8 Å². The van der Waals surface area contributed by atoms with Crippen molar-refractivity contribution in [1.82, 2.24) is 5.32 Å². The molecule has 3 rings (SSSR count). The number of benzene rings is 2. The Balaban J connectivity index is 1.81. The Morgan fingerprint density at radius 1 is 1.20 bits per heavy atom. The van der Waals surface area contributed by atoms with Crippen LogP contribution in [0.25, 0.3) is 0 Å². The van der Waals surface area contributed by atoms with Crippen LogP contribution in [0.5, 0.6) is 11.5 Å². The Bertz CT molecular complexity index is 781. The second kappa shape index (κ2) is 8.02. The van der Waals surface area contributed by atoms with Gasteiger partial charge in [0.25, 0.3) is 5.91 Å². The summed E-state index contributed by atoms with van der Waals surface area (Å²) in [5.74, 6) is 1.29. The lowest BCUT2D eigenvalue weighted by Gasteiger charge is -2.22. The van der Waals surface area contributed by atoms with Crippen molar-refractivity contribution >= 4 is 29.3 Å². The summed E-state index contributed by atoms with van der Waals surface area (Å²) in [7, 11) is 0. The van der Waals surface area contributed by atoms with Gasteiger partial charge >= 0.3 is 0 Å². The van der Waals surface area contributed by atoms with Crippen molar-refractivity contribution < 1.29 is 14.3 Å². The molecule has 0 aliphatic carbocycles. The standard InChI is InChI=1S/C19H20ClNO3S/c1-3-16(12-4-7-17-18(10-12)24-9-8-23-17)21-19(22)14-11-13(25-2)5-6-15(14)20/h4-7,10-11,16H,3,8-9H2,1-2H3,(H,21,22). The molecule has 6 heteroatoms. The van der Waals surface area contributed by atoms with Crippen LogP contribution in [0.2, 0.25) is 5.02 Å². The van der Waals surface area contributed by atoms with Crippen LogP contribution in [-0.4, -0.2) is 25.4 Å². The van der Waals surface area contributed by atoms with Gasteiger partial charge in [0.05, 0.1) is 16.6 Å². The second-order valence-electron chi connectivity index (χ2n) is 5.68. The maximum absolute atomic E-state index is 12.7. The van der Waals surface area contributed by atoms with E-state index in [2.05, 4.69) is 5.32 Å². The number of nitrogens with one attached hydrogen (secondary N) is 1. The summed E-state index contributed by atoms with van der Waals surface area (Å²) in [6.45, 7) is 3.13. The van der Waals surface area contributed by atoms with Gasteiger partial charge in [-0.1, -0.05) is 24.6 Å². The zero-order valence-electron chi connectivity index (χ0n) is 14.2. The van der Waals surface area contributed by atoms with Crippen LogP contribution in [0.1, 0.15) is 35.3 Å². The largest absolute Gasteiger partial charge is 0.486 e. The molecule has 1 heterocycles. The van der Waals surface area contributed by atoms with Gasteiger partial charge in [-0.2, -0.15) is 0 Å². The number of amides is 1. The molecule has 4 nitrogen and oxygen atoms in total. The average molecular weight is 378 g/mol. The van der Waals surface area contributed by atoms with E-state index in [0.717, 1.165) is 28.4 Å². The van der Waals surface area contributed by atoms with E-state index in [-0.39, 0.29) is 11.9 Å². The summed E-state index contributed by atoms with van der Waals surface area (Å²) >= 11 is 7.79. The van der Waals surface area contributed by atoms with E-state index in [9.17, 15) is 4.79 Å².